The van der Waals surface area contributed by atoms with Gasteiger partial charge in [-0.1, -0.05) is 12.1 Å². The van der Waals surface area contributed by atoms with Gasteiger partial charge in [0.2, 0.25) is 0 Å². The minimum Gasteiger partial charge on any atom is -0.330 e. The Bertz CT molecular complexity index is 455. The summed E-state index contributed by atoms with van der Waals surface area (Å²) in [5.41, 5.74) is 1.10. The number of hydrogen-bond donors (Lipinski definition) is 1. The van der Waals surface area contributed by atoms with E-state index in [4.69, 9.17) is 0 Å². The molecule has 1 fully saturated rings. The van der Waals surface area contributed by atoms with Crippen LogP contribution in [0.5, 0.6) is 0 Å². The maximum absolute atomic E-state index is 13.6. The number of halogens is 1. The van der Waals surface area contributed by atoms with Crippen LogP contribution in [0.4, 0.5) is 4.39 Å². The number of piperidine rings is 1. The highest BCUT2D eigenvalue weighted by Gasteiger charge is 2.34. The summed E-state index contributed by atoms with van der Waals surface area (Å²) in [6, 6.07) is 5.08. The summed E-state index contributed by atoms with van der Waals surface area (Å²) in [7, 11) is 0. The van der Waals surface area contributed by atoms with Crippen LogP contribution < -0.4 is 5.32 Å². The molecule has 3 rings (SSSR count). The lowest BCUT2D eigenvalue weighted by Crippen LogP contribution is -2.46. The van der Waals surface area contributed by atoms with Crippen LogP contribution in [0.2, 0.25) is 0 Å². The van der Waals surface area contributed by atoms with Gasteiger partial charge < -0.3 is 10.2 Å². The third-order valence-corrected chi connectivity index (χ3v) is 3.63. The van der Waals surface area contributed by atoms with Crippen LogP contribution in [-0.4, -0.2) is 29.9 Å². The predicted molar refractivity (Wildman–Crippen MR) is 62.2 cm³/mol. The van der Waals surface area contributed by atoms with Crippen molar-refractivity contribution in [3.8, 4) is 0 Å². The summed E-state index contributed by atoms with van der Waals surface area (Å²) in [5, 5.41) is 3.29. The summed E-state index contributed by atoms with van der Waals surface area (Å²) >= 11 is 0. The highest BCUT2D eigenvalue weighted by atomic mass is 19.1. The maximum Gasteiger partial charge on any atom is 0.257 e. The van der Waals surface area contributed by atoms with Gasteiger partial charge in [-0.2, -0.15) is 0 Å². The minimum absolute atomic E-state index is 0.146. The van der Waals surface area contributed by atoms with E-state index < -0.39 is 5.82 Å². The van der Waals surface area contributed by atoms with E-state index in [9.17, 15) is 9.18 Å². The van der Waals surface area contributed by atoms with E-state index in [0.717, 1.165) is 31.5 Å². The van der Waals surface area contributed by atoms with Crippen molar-refractivity contribution in [3.63, 3.8) is 0 Å². The minimum atomic E-state index is -0.390. The molecule has 1 saturated heterocycles. The van der Waals surface area contributed by atoms with Gasteiger partial charge in [0.05, 0.1) is 5.56 Å². The topological polar surface area (TPSA) is 32.3 Å². The Morgan fingerprint density at radius 1 is 1.41 bits per heavy atom. The SMILES string of the molecule is O=C1c2c(F)cccc2CN1[C@H]1CCCNC1. The Labute approximate surface area is 99.6 Å². The van der Waals surface area contributed by atoms with E-state index in [1.807, 2.05) is 6.07 Å². The van der Waals surface area contributed by atoms with Crippen molar-refractivity contribution in [3.05, 3.63) is 35.1 Å². The summed E-state index contributed by atoms with van der Waals surface area (Å²) in [4.78, 5) is 14.0. The number of carbonyl (C=O) groups excluding carboxylic acids is 1. The predicted octanol–water partition coefficient (Wildman–Crippen LogP) is 1.53. The van der Waals surface area contributed by atoms with Gasteiger partial charge in [0.1, 0.15) is 5.82 Å². The second-order valence-electron chi connectivity index (χ2n) is 4.71. The normalized spacial score (nSPS) is 23.9. The quantitative estimate of drug-likeness (QED) is 0.799. The number of nitrogens with one attached hydrogen (secondary N) is 1. The van der Waals surface area contributed by atoms with Crippen molar-refractivity contribution in [1.82, 2.24) is 10.2 Å². The van der Waals surface area contributed by atoms with Crippen molar-refractivity contribution in [2.75, 3.05) is 13.1 Å². The molecule has 0 saturated carbocycles. The molecule has 0 spiro atoms. The van der Waals surface area contributed by atoms with Crippen molar-refractivity contribution >= 4 is 5.91 Å². The number of fused-ring (bicyclic) bond motifs is 1. The largest absolute Gasteiger partial charge is 0.330 e. The van der Waals surface area contributed by atoms with Crippen LogP contribution >= 0.6 is 0 Å². The molecule has 1 atom stereocenters. The lowest BCUT2D eigenvalue weighted by atomic mass is 10.1. The molecule has 1 aromatic rings. The van der Waals surface area contributed by atoms with Crippen LogP contribution in [0.3, 0.4) is 0 Å². The smallest absolute Gasteiger partial charge is 0.257 e. The monoisotopic (exact) mass is 234 g/mol. The molecule has 0 bridgehead atoms. The van der Waals surface area contributed by atoms with E-state index in [1.54, 1.807) is 11.0 Å². The standard InChI is InChI=1S/C13H15FN2O/c14-11-5-1-3-9-8-16(13(17)12(9)11)10-4-2-6-15-7-10/h1,3,5,10,15H,2,4,6-8H2/t10-/m0/s1. The number of hydrogen-bond acceptors (Lipinski definition) is 2. The van der Waals surface area contributed by atoms with Crippen molar-refractivity contribution in [1.29, 1.82) is 0 Å². The molecule has 2 aliphatic heterocycles. The highest BCUT2D eigenvalue weighted by Crippen LogP contribution is 2.28. The van der Waals surface area contributed by atoms with E-state index in [1.165, 1.54) is 6.07 Å². The molecule has 1 amide bonds. The van der Waals surface area contributed by atoms with Gasteiger partial charge in [0.15, 0.2) is 0 Å². The van der Waals surface area contributed by atoms with Crippen molar-refractivity contribution in [2.45, 2.75) is 25.4 Å². The number of amides is 1. The Balaban J connectivity index is 1.88. The molecular weight excluding hydrogens is 219 g/mol. The summed E-state index contributed by atoms with van der Waals surface area (Å²) < 4.78 is 13.6. The Kier molecular flexibility index (Phi) is 2.59. The molecule has 0 aromatic heterocycles. The first kappa shape index (κ1) is 10.7. The zero-order chi connectivity index (χ0) is 11.8. The Morgan fingerprint density at radius 2 is 2.29 bits per heavy atom. The molecule has 0 radical (unpaired) electrons. The van der Waals surface area contributed by atoms with Crippen molar-refractivity contribution < 1.29 is 9.18 Å². The highest BCUT2D eigenvalue weighted by molar-refractivity contribution is 5.98. The van der Waals surface area contributed by atoms with Gasteiger partial charge >= 0.3 is 0 Å². The summed E-state index contributed by atoms with van der Waals surface area (Å²) in [6.07, 6.45) is 2.08. The average Bonchev–Trinajstić information content (AvgIpc) is 2.69. The molecule has 1 aromatic carbocycles. The fourth-order valence-corrected chi connectivity index (χ4v) is 2.73. The summed E-state index contributed by atoms with van der Waals surface area (Å²) in [5.74, 6) is -0.537. The van der Waals surface area contributed by atoms with Crippen LogP contribution in [0.15, 0.2) is 18.2 Å². The average molecular weight is 234 g/mol. The lowest BCUT2D eigenvalue weighted by Gasteiger charge is -2.31. The van der Waals surface area contributed by atoms with E-state index >= 15 is 0 Å². The molecule has 17 heavy (non-hydrogen) atoms. The third kappa shape index (κ3) is 1.72. The molecule has 2 aliphatic rings. The molecular formula is C13H15FN2O. The molecule has 4 heteroatoms. The molecule has 1 N–H and O–H groups in total. The third-order valence-electron chi connectivity index (χ3n) is 3.63. The molecule has 2 heterocycles. The molecule has 3 nitrogen and oxygen atoms in total. The van der Waals surface area contributed by atoms with Gasteiger partial charge in [-0.15, -0.1) is 0 Å². The van der Waals surface area contributed by atoms with E-state index in [0.29, 0.717) is 6.54 Å². The van der Waals surface area contributed by atoms with E-state index in [-0.39, 0.29) is 17.5 Å². The Hall–Kier alpha value is -1.42. The second-order valence-corrected chi connectivity index (χ2v) is 4.71. The van der Waals surface area contributed by atoms with Crippen molar-refractivity contribution in [2.24, 2.45) is 0 Å². The summed E-state index contributed by atoms with van der Waals surface area (Å²) in [6.45, 7) is 2.39. The van der Waals surface area contributed by atoms with Gasteiger partial charge in [0, 0.05) is 19.1 Å². The van der Waals surface area contributed by atoms with Gasteiger partial charge in [-0.25, -0.2) is 4.39 Å². The molecule has 90 valence electrons. The van der Waals surface area contributed by atoms with Gasteiger partial charge in [-0.3, -0.25) is 4.79 Å². The van der Waals surface area contributed by atoms with Crippen LogP contribution in [0.1, 0.15) is 28.8 Å². The van der Waals surface area contributed by atoms with Crippen LogP contribution in [0.25, 0.3) is 0 Å². The van der Waals surface area contributed by atoms with Crippen LogP contribution in [0, 0.1) is 5.82 Å². The van der Waals surface area contributed by atoms with E-state index in [2.05, 4.69) is 5.32 Å². The van der Waals surface area contributed by atoms with Gasteiger partial charge in [0.25, 0.3) is 5.91 Å². The number of benzene rings is 1. The fourth-order valence-electron chi connectivity index (χ4n) is 2.73. The molecule has 0 aliphatic carbocycles. The van der Waals surface area contributed by atoms with Gasteiger partial charge in [-0.05, 0) is 31.0 Å². The lowest BCUT2D eigenvalue weighted by molar-refractivity contribution is 0.0671. The van der Waals surface area contributed by atoms with Crippen LogP contribution in [-0.2, 0) is 6.54 Å². The fraction of sp³-hybridized carbons (Fsp3) is 0.462. The number of nitrogens with zero attached hydrogens (tertiary/aromatic N) is 1. The zero-order valence-corrected chi connectivity index (χ0v) is 9.58. The number of carbonyl (C=O) groups is 1. The first-order valence-electron chi connectivity index (χ1n) is 6.06. The first-order chi connectivity index (χ1) is 8.27. The zero-order valence-electron chi connectivity index (χ0n) is 9.58. The molecule has 0 unspecified atom stereocenters. The Morgan fingerprint density at radius 3 is 3.00 bits per heavy atom. The second kappa shape index (κ2) is 4.11. The first-order valence-corrected chi connectivity index (χ1v) is 6.06. The maximum atomic E-state index is 13.6. The number of rotatable bonds is 1.